The Morgan fingerprint density at radius 2 is 1.94 bits per heavy atom. The lowest BCUT2D eigenvalue weighted by atomic mass is 10.0. The van der Waals surface area contributed by atoms with Gasteiger partial charge < -0.3 is 4.98 Å². The minimum Gasteiger partial charge on any atom is -0.346 e. The molecule has 0 saturated carbocycles. The third-order valence-corrected chi connectivity index (χ3v) is 3.14. The molecule has 0 bridgehead atoms. The number of benzene rings is 1. The summed E-state index contributed by atoms with van der Waals surface area (Å²) in [5, 5.41) is 0. The molecule has 2 rings (SSSR count). The summed E-state index contributed by atoms with van der Waals surface area (Å²) in [6.45, 7) is 4.24. The third-order valence-electron chi connectivity index (χ3n) is 2.79. The fraction of sp³-hybridized carbons (Fsp3) is 0.286. The number of aromatic nitrogens is 2. The van der Waals surface area contributed by atoms with Crippen molar-refractivity contribution in [3.05, 3.63) is 46.4 Å². The van der Waals surface area contributed by atoms with Gasteiger partial charge in [-0.25, -0.2) is 4.98 Å². The van der Waals surface area contributed by atoms with Crippen molar-refractivity contribution >= 4 is 12.2 Å². The van der Waals surface area contributed by atoms with E-state index in [1.807, 2.05) is 0 Å². The van der Waals surface area contributed by atoms with Crippen LogP contribution < -0.4 is 0 Å². The van der Waals surface area contributed by atoms with E-state index in [0.29, 0.717) is 4.64 Å². The Labute approximate surface area is 107 Å². The fourth-order valence-electron chi connectivity index (χ4n) is 1.89. The fourth-order valence-corrected chi connectivity index (χ4v) is 2.14. The van der Waals surface area contributed by atoms with Crippen molar-refractivity contribution < 1.29 is 0 Å². The molecule has 1 heterocycles. The minimum atomic E-state index is 0.709. The maximum absolute atomic E-state index is 5.30. The van der Waals surface area contributed by atoms with Gasteiger partial charge in [0.05, 0.1) is 12.0 Å². The number of nitrogens with one attached hydrogen (secondary N) is 1. The largest absolute Gasteiger partial charge is 0.346 e. The predicted molar refractivity (Wildman–Crippen MR) is 73.6 cm³/mol. The summed E-state index contributed by atoms with van der Waals surface area (Å²) >= 11 is 5.30. The molecule has 0 radical (unpaired) electrons. The smallest absolute Gasteiger partial charge is 0.133 e. The molecule has 0 spiro atoms. The zero-order valence-corrected chi connectivity index (χ0v) is 11.0. The van der Waals surface area contributed by atoms with Gasteiger partial charge in [0.15, 0.2) is 0 Å². The van der Waals surface area contributed by atoms with Crippen molar-refractivity contribution in [2.75, 3.05) is 0 Å². The lowest BCUT2D eigenvalue weighted by Gasteiger charge is -2.08. The van der Waals surface area contributed by atoms with Gasteiger partial charge in [0, 0.05) is 5.56 Å². The Kier molecular flexibility index (Phi) is 3.69. The van der Waals surface area contributed by atoms with Crippen molar-refractivity contribution in [3.8, 4) is 11.3 Å². The van der Waals surface area contributed by atoms with Crippen LogP contribution in [0.2, 0.25) is 0 Å². The predicted octanol–water partition coefficient (Wildman–Crippen LogP) is 4.07. The second-order valence-corrected chi connectivity index (χ2v) is 4.56. The van der Waals surface area contributed by atoms with Gasteiger partial charge in [-0.3, -0.25) is 0 Å². The van der Waals surface area contributed by atoms with Crippen LogP contribution in [0.5, 0.6) is 0 Å². The first-order valence-electron chi connectivity index (χ1n) is 5.86. The molecule has 1 aromatic heterocycles. The average Bonchev–Trinajstić information content (AvgIpc) is 2.33. The first kappa shape index (κ1) is 12.0. The maximum atomic E-state index is 5.30. The second kappa shape index (κ2) is 5.23. The highest BCUT2D eigenvalue weighted by molar-refractivity contribution is 7.71. The summed E-state index contributed by atoms with van der Waals surface area (Å²) in [5.74, 6) is 0. The van der Waals surface area contributed by atoms with E-state index in [2.05, 4.69) is 48.1 Å². The summed E-state index contributed by atoms with van der Waals surface area (Å²) in [4.78, 5) is 7.38. The Hall–Kier alpha value is -1.48. The number of H-pyrrole nitrogens is 1. The molecule has 0 atom stereocenters. The third kappa shape index (κ3) is 2.61. The monoisotopic (exact) mass is 244 g/mol. The van der Waals surface area contributed by atoms with E-state index in [1.165, 1.54) is 11.1 Å². The molecular formula is C14H16N2S. The van der Waals surface area contributed by atoms with Crippen molar-refractivity contribution in [1.29, 1.82) is 0 Å². The van der Waals surface area contributed by atoms with Gasteiger partial charge in [-0.1, -0.05) is 55.4 Å². The van der Waals surface area contributed by atoms with Gasteiger partial charge >= 0.3 is 0 Å². The Morgan fingerprint density at radius 1 is 1.24 bits per heavy atom. The minimum absolute atomic E-state index is 0.709. The van der Waals surface area contributed by atoms with Gasteiger partial charge in [-0.15, -0.1) is 0 Å². The van der Waals surface area contributed by atoms with E-state index in [-0.39, 0.29) is 0 Å². The van der Waals surface area contributed by atoms with Crippen LogP contribution in [0.4, 0.5) is 0 Å². The highest BCUT2D eigenvalue weighted by atomic mass is 32.1. The van der Waals surface area contributed by atoms with Crippen molar-refractivity contribution in [2.45, 2.75) is 26.7 Å². The molecule has 1 aromatic carbocycles. The normalized spacial score (nSPS) is 10.5. The summed E-state index contributed by atoms with van der Waals surface area (Å²) in [7, 11) is 0. The molecule has 1 N–H and O–H groups in total. The number of nitrogens with zero attached hydrogens (tertiary/aromatic N) is 1. The van der Waals surface area contributed by atoms with E-state index in [4.69, 9.17) is 12.2 Å². The van der Waals surface area contributed by atoms with Gasteiger partial charge in [0.1, 0.15) is 4.64 Å². The molecule has 0 aliphatic rings. The number of aryl methyl sites for hydroxylation is 1. The molecule has 0 fully saturated rings. The van der Waals surface area contributed by atoms with Crippen LogP contribution >= 0.6 is 12.2 Å². The molecule has 0 amide bonds. The number of aromatic amines is 1. The Morgan fingerprint density at radius 3 is 2.59 bits per heavy atom. The zero-order valence-electron chi connectivity index (χ0n) is 10.2. The van der Waals surface area contributed by atoms with Gasteiger partial charge in [-0.05, 0) is 18.9 Å². The highest BCUT2D eigenvalue weighted by Gasteiger charge is 2.06. The molecule has 0 saturated heterocycles. The van der Waals surface area contributed by atoms with Crippen LogP contribution in [-0.2, 0) is 6.42 Å². The van der Waals surface area contributed by atoms with Crippen molar-refractivity contribution in [2.24, 2.45) is 0 Å². The second-order valence-electron chi connectivity index (χ2n) is 4.18. The van der Waals surface area contributed by atoms with Gasteiger partial charge in [0.25, 0.3) is 0 Å². The van der Waals surface area contributed by atoms with Crippen molar-refractivity contribution in [1.82, 2.24) is 9.97 Å². The van der Waals surface area contributed by atoms with E-state index in [1.54, 1.807) is 6.33 Å². The van der Waals surface area contributed by atoms with E-state index in [0.717, 1.165) is 24.1 Å². The average molecular weight is 244 g/mol. The van der Waals surface area contributed by atoms with Crippen LogP contribution in [0.1, 0.15) is 24.5 Å². The Balaban J connectivity index is 2.54. The highest BCUT2D eigenvalue weighted by Crippen LogP contribution is 2.22. The van der Waals surface area contributed by atoms with Gasteiger partial charge in [-0.2, -0.15) is 0 Å². The van der Waals surface area contributed by atoms with Crippen LogP contribution in [0.3, 0.4) is 0 Å². The molecule has 3 heteroatoms. The lowest BCUT2D eigenvalue weighted by molar-refractivity contribution is 0.898. The molecule has 2 nitrogen and oxygen atoms in total. The Bertz CT molecular complexity index is 555. The first-order chi connectivity index (χ1) is 8.22. The van der Waals surface area contributed by atoms with Crippen LogP contribution in [0, 0.1) is 11.6 Å². The molecule has 17 heavy (non-hydrogen) atoms. The lowest BCUT2D eigenvalue weighted by Crippen LogP contribution is -1.96. The number of hydrogen-bond donors (Lipinski definition) is 1. The summed E-state index contributed by atoms with van der Waals surface area (Å²) < 4.78 is 0.709. The zero-order chi connectivity index (χ0) is 12.3. The van der Waals surface area contributed by atoms with Crippen molar-refractivity contribution in [3.63, 3.8) is 0 Å². The summed E-state index contributed by atoms with van der Waals surface area (Å²) in [6.07, 6.45) is 3.71. The maximum Gasteiger partial charge on any atom is 0.133 e. The quantitative estimate of drug-likeness (QED) is 0.825. The number of rotatable bonds is 3. The first-order valence-corrected chi connectivity index (χ1v) is 6.26. The van der Waals surface area contributed by atoms with Crippen LogP contribution in [0.25, 0.3) is 11.3 Å². The van der Waals surface area contributed by atoms with E-state index < -0.39 is 0 Å². The number of hydrogen-bond acceptors (Lipinski definition) is 2. The summed E-state index contributed by atoms with van der Waals surface area (Å²) in [5.41, 5.74) is 4.69. The van der Waals surface area contributed by atoms with Crippen LogP contribution in [0.15, 0.2) is 30.6 Å². The molecular weight excluding hydrogens is 228 g/mol. The topological polar surface area (TPSA) is 28.7 Å². The van der Waals surface area contributed by atoms with E-state index in [9.17, 15) is 0 Å². The molecule has 0 aliphatic heterocycles. The van der Waals surface area contributed by atoms with E-state index >= 15 is 0 Å². The molecule has 88 valence electrons. The summed E-state index contributed by atoms with van der Waals surface area (Å²) in [6, 6.07) is 8.47. The molecule has 0 unspecified atom stereocenters. The molecule has 0 aliphatic carbocycles. The van der Waals surface area contributed by atoms with Gasteiger partial charge in [0.2, 0.25) is 0 Å². The van der Waals surface area contributed by atoms with Crippen LogP contribution in [-0.4, -0.2) is 9.97 Å². The molecule has 2 aromatic rings. The SMILES string of the molecule is CCCc1c(-c2ccc(C)cc2)[nH]cnc1=S. The standard InChI is InChI=1S/C14H16N2S/c1-3-4-12-13(15-9-16-14(12)17)11-7-5-10(2)6-8-11/h5-9H,3-4H2,1-2H3,(H,15,16,17).